The number of methoxy groups -OCH3 is 1. The average molecular weight is 450 g/mol. The molecule has 0 aromatic heterocycles. The summed E-state index contributed by atoms with van der Waals surface area (Å²) in [6.45, 7) is 11.2. The van der Waals surface area contributed by atoms with Gasteiger partial charge in [-0.15, -0.1) is 0 Å². The Bertz CT molecular complexity index is 1090. The number of rotatable bonds is 4. The molecule has 3 rings (SSSR count). The quantitative estimate of drug-likeness (QED) is 0.551. The molecule has 174 valence electrons. The molecule has 0 atom stereocenters. The van der Waals surface area contributed by atoms with Crippen LogP contribution < -0.4 is 15.6 Å². The molecule has 2 aromatic carbocycles. The van der Waals surface area contributed by atoms with Crippen molar-refractivity contribution in [2.75, 3.05) is 7.11 Å². The second-order valence-corrected chi connectivity index (χ2v) is 9.32. The lowest BCUT2D eigenvalue weighted by Crippen LogP contribution is -2.56. The minimum Gasteiger partial charge on any atom is -0.496 e. The Morgan fingerprint density at radius 3 is 2.52 bits per heavy atom. The summed E-state index contributed by atoms with van der Waals surface area (Å²) in [4.78, 5) is 28.2. The highest BCUT2D eigenvalue weighted by Crippen LogP contribution is 2.24. The Labute approximate surface area is 195 Å². The molecule has 9 heteroatoms. The van der Waals surface area contributed by atoms with Crippen molar-refractivity contribution in [3.8, 4) is 5.75 Å². The first kappa shape index (κ1) is 24.3. The van der Waals surface area contributed by atoms with Gasteiger partial charge in [0.15, 0.2) is 0 Å². The normalized spacial score (nSPS) is 13.1. The van der Waals surface area contributed by atoms with Crippen LogP contribution in [0.5, 0.6) is 5.75 Å². The molecule has 0 saturated carbocycles. The largest absolute Gasteiger partial charge is 0.496 e. The first-order chi connectivity index (χ1) is 15.5. The molecule has 2 N–H and O–H groups in total. The zero-order valence-corrected chi connectivity index (χ0v) is 20.2. The van der Waals surface area contributed by atoms with Crippen LogP contribution in [0, 0.1) is 6.92 Å². The van der Waals surface area contributed by atoms with E-state index in [2.05, 4.69) is 10.5 Å². The molecule has 0 fully saturated rings. The summed E-state index contributed by atoms with van der Waals surface area (Å²) in [6.07, 6.45) is 1.67. The van der Waals surface area contributed by atoms with Crippen LogP contribution in [-0.4, -0.2) is 58.7 Å². The van der Waals surface area contributed by atoms with Gasteiger partial charge in [0.1, 0.15) is 5.75 Å². The lowest BCUT2D eigenvalue weighted by Gasteiger charge is -2.36. The number of benzene rings is 2. The molecule has 2 amide bonds. The van der Waals surface area contributed by atoms with Gasteiger partial charge in [-0.1, -0.05) is 12.1 Å². The SMILES string of the molecule is COc1cccc(C(=O)N(NC(=O)c2ccc3c(c2)B(O)N(C(C)C)N=C3)C(C)(C)C)c1C. The number of nitrogens with zero attached hydrogens (tertiary/aromatic N) is 3. The third-order valence-electron chi connectivity index (χ3n) is 5.56. The highest BCUT2D eigenvalue weighted by Gasteiger charge is 2.33. The number of hydrogen-bond donors (Lipinski definition) is 2. The van der Waals surface area contributed by atoms with Crippen LogP contribution in [0.1, 0.15) is 66.5 Å². The van der Waals surface area contributed by atoms with Crippen LogP contribution in [0.4, 0.5) is 0 Å². The maximum absolute atomic E-state index is 13.4. The molecule has 2 aromatic rings. The van der Waals surface area contributed by atoms with E-state index in [4.69, 9.17) is 4.74 Å². The maximum Gasteiger partial charge on any atom is 0.467 e. The number of nitrogens with one attached hydrogen (secondary N) is 1. The maximum atomic E-state index is 13.4. The number of hydrogen-bond acceptors (Lipinski definition) is 6. The first-order valence-corrected chi connectivity index (χ1v) is 10.9. The minimum atomic E-state index is -0.961. The summed E-state index contributed by atoms with van der Waals surface area (Å²) in [6, 6.07) is 10.3. The smallest absolute Gasteiger partial charge is 0.467 e. The second-order valence-electron chi connectivity index (χ2n) is 9.32. The third kappa shape index (κ3) is 4.88. The van der Waals surface area contributed by atoms with Crippen molar-refractivity contribution in [2.24, 2.45) is 5.10 Å². The van der Waals surface area contributed by atoms with E-state index in [-0.39, 0.29) is 11.9 Å². The highest BCUT2D eigenvalue weighted by atomic mass is 16.5. The fraction of sp³-hybridized carbons (Fsp3) is 0.375. The van der Waals surface area contributed by atoms with Crippen LogP contribution in [0.2, 0.25) is 0 Å². The topological polar surface area (TPSA) is 94.5 Å². The molecule has 0 spiro atoms. The third-order valence-corrected chi connectivity index (χ3v) is 5.56. The Morgan fingerprint density at radius 1 is 1.21 bits per heavy atom. The molecule has 0 aliphatic carbocycles. The van der Waals surface area contributed by atoms with Crippen LogP contribution in [0.15, 0.2) is 41.5 Å². The molecule has 1 heterocycles. The van der Waals surface area contributed by atoms with Crippen molar-refractivity contribution in [1.29, 1.82) is 0 Å². The number of hydrazine groups is 1. The lowest BCUT2D eigenvalue weighted by molar-refractivity contribution is 0.0357. The summed E-state index contributed by atoms with van der Waals surface area (Å²) >= 11 is 0. The highest BCUT2D eigenvalue weighted by molar-refractivity contribution is 6.65. The van der Waals surface area contributed by atoms with E-state index in [0.717, 1.165) is 5.56 Å². The Kier molecular flexibility index (Phi) is 6.83. The van der Waals surface area contributed by atoms with E-state index in [0.29, 0.717) is 27.9 Å². The standard InChI is InChI=1S/C24H31BN4O4/c1-15(2)29-25(32)20-13-17(11-12-18(20)14-26-29)22(30)27-28(24(4,5)6)23(31)19-9-8-10-21(33-7)16(19)3/h8-15,32H,1-7H3,(H,27,30). The van der Waals surface area contributed by atoms with E-state index in [1.165, 1.54) is 5.01 Å². The summed E-state index contributed by atoms with van der Waals surface area (Å²) in [5, 5.41) is 16.3. The van der Waals surface area contributed by atoms with Crippen molar-refractivity contribution < 1.29 is 19.3 Å². The van der Waals surface area contributed by atoms with Gasteiger partial charge in [-0.25, -0.2) is 5.01 Å². The monoisotopic (exact) mass is 450 g/mol. The van der Waals surface area contributed by atoms with Gasteiger partial charge in [0.25, 0.3) is 11.8 Å². The van der Waals surface area contributed by atoms with Crippen LogP contribution in [0.25, 0.3) is 0 Å². The zero-order chi connectivity index (χ0) is 24.5. The molecule has 33 heavy (non-hydrogen) atoms. The summed E-state index contributed by atoms with van der Waals surface area (Å²) in [5.74, 6) is -0.197. The van der Waals surface area contributed by atoms with Gasteiger partial charge in [0.05, 0.1) is 18.9 Å². The van der Waals surface area contributed by atoms with Crippen molar-refractivity contribution in [2.45, 2.75) is 53.1 Å². The fourth-order valence-corrected chi connectivity index (χ4v) is 3.68. The average Bonchev–Trinajstić information content (AvgIpc) is 2.76. The van der Waals surface area contributed by atoms with Gasteiger partial charge < -0.3 is 14.7 Å². The van der Waals surface area contributed by atoms with Crippen LogP contribution in [-0.2, 0) is 0 Å². The van der Waals surface area contributed by atoms with Gasteiger partial charge in [-0.2, -0.15) is 5.10 Å². The predicted octanol–water partition coefficient (Wildman–Crippen LogP) is 2.33. The number of carbonyl (C=O) groups excluding carboxylic acids is 2. The van der Waals surface area contributed by atoms with Gasteiger partial charge in [0, 0.05) is 22.7 Å². The van der Waals surface area contributed by atoms with Gasteiger partial charge in [0.2, 0.25) is 0 Å². The number of carbonyl (C=O) groups is 2. The number of hydrazone groups is 1. The summed E-state index contributed by atoms with van der Waals surface area (Å²) in [5.41, 5.74) is 4.86. The number of amides is 2. The molecular formula is C24H31BN4O4. The van der Waals surface area contributed by atoms with Crippen molar-refractivity contribution in [1.82, 2.24) is 15.4 Å². The minimum absolute atomic E-state index is 0.0120. The van der Waals surface area contributed by atoms with Gasteiger partial charge >= 0.3 is 7.05 Å². The van der Waals surface area contributed by atoms with E-state index >= 15 is 0 Å². The Morgan fingerprint density at radius 2 is 1.91 bits per heavy atom. The lowest BCUT2D eigenvalue weighted by atomic mass is 9.68. The Balaban J connectivity index is 1.91. The fourth-order valence-electron chi connectivity index (χ4n) is 3.68. The van der Waals surface area contributed by atoms with Crippen LogP contribution in [0.3, 0.4) is 0 Å². The molecular weight excluding hydrogens is 419 g/mol. The zero-order valence-electron chi connectivity index (χ0n) is 20.2. The van der Waals surface area contributed by atoms with Gasteiger partial charge in [-0.3, -0.25) is 15.0 Å². The molecule has 0 radical (unpaired) electrons. The molecule has 0 saturated heterocycles. The van der Waals surface area contributed by atoms with E-state index in [1.54, 1.807) is 54.6 Å². The van der Waals surface area contributed by atoms with Crippen molar-refractivity contribution in [3.63, 3.8) is 0 Å². The van der Waals surface area contributed by atoms with Crippen LogP contribution >= 0.6 is 0 Å². The van der Waals surface area contributed by atoms with E-state index < -0.39 is 18.5 Å². The van der Waals surface area contributed by atoms with Gasteiger partial charge in [-0.05, 0) is 76.8 Å². The Hall–Kier alpha value is -3.33. The van der Waals surface area contributed by atoms with E-state index in [9.17, 15) is 14.6 Å². The van der Waals surface area contributed by atoms with E-state index in [1.807, 2.05) is 41.5 Å². The summed E-state index contributed by atoms with van der Waals surface area (Å²) in [7, 11) is 0.591. The molecule has 0 bridgehead atoms. The van der Waals surface area contributed by atoms with Crippen molar-refractivity contribution in [3.05, 3.63) is 58.7 Å². The molecule has 0 unspecified atom stereocenters. The number of ether oxygens (including phenoxy) is 1. The predicted molar refractivity (Wildman–Crippen MR) is 130 cm³/mol. The van der Waals surface area contributed by atoms with Crippen molar-refractivity contribution >= 4 is 30.5 Å². The molecule has 1 aliphatic rings. The summed E-state index contributed by atoms with van der Waals surface area (Å²) < 4.78 is 5.34. The second kappa shape index (κ2) is 9.27. The molecule has 8 nitrogen and oxygen atoms in total. The molecule has 1 aliphatic heterocycles. The number of fused-ring (bicyclic) bond motifs is 1. The first-order valence-electron chi connectivity index (χ1n) is 10.9.